The average molecular weight is 454 g/mol. The number of hydrogen-bond acceptors (Lipinski definition) is 2. The van der Waals surface area contributed by atoms with E-state index in [2.05, 4.69) is 31.9 Å². The fourth-order valence-corrected chi connectivity index (χ4v) is 3.11. The van der Waals surface area contributed by atoms with E-state index in [-0.39, 0.29) is 5.57 Å². The fourth-order valence-electron chi connectivity index (χ4n) is 2.84. The van der Waals surface area contributed by atoms with Crippen LogP contribution in [0.5, 0.6) is 0 Å². The maximum atomic E-state index is 12.8. The van der Waals surface area contributed by atoms with Crippen LogP contribution in [-0.2, 0) is 11.0 Å². The minimum Gasteiger partial charge on any atom is -0.327 e. The van der Waals surface area contributed by atoms with Crippen LogP contribution in [0, 0.1) is 0 Å². The molecule has 0 aliphatic carbocycles. The van der Waals surface area contributed by atoms with E-state index in [1.165, 1.54) is 12.1 Å². The van der Waals surface area contributed by atoms with Gasteiger partial charge in [-0.3, -0.25) is 4.79 Å². The topological polar surface area (TPSA) is 70.2 Å². The monoisotopic (exact) mass is 453 g/mol. The number of allylic oxidation sites excluding steroid dienone is 1. The van der Waals surface area contributed by atoms with Crippen LogP contribution in [0.15, 0.2) is 64.3 Å². The van der Waals surface area contributed by atoms with E-state index in [4.69, 9.17) is 0 Å². The van der Waals surface area contributed by atoms with Crippen molar-refractivity contribution in [3.8, 4) is 0 Å². The number of alkyl halides is 3. The quantitative estimate of drug-likeness (QED) is 0.628. The van der Waals surface area contributed by atoms with Gasteiger partial charge in [0.25, 0.3) is 5.91 Å². The Bertz CT molecular complexity index is 938. The van der Waals surface area contributed by atoms with Crippen LogP contribution in [0.3, 0.4) is 0 Å². The normalized spacial score (nSPS) is 17.0. The average Bonchev–Trinajstić information content (AvgIpc) is 2.62. The predicted molar refractivity (Wildman–Crippen MR) is 101 cm³/mol. The molecule has 3 amide bonds. The van der Waals surface area contributed by atoms with Crippen LogP contribution >= 0.6 is 15.9 Å². The van der Waals surface area contributed by atoms with Crippen molar-refractivity contribution >= 4 is 33.6 Å². The molecule has 0 aromatic heterocycles. The first-order valence-electron chi connectivity index (χ1n) is 8.17. The zero-order valence-electron chi connectivity index (χ0n) is 14.5. The zero-order chi connectivity index (χ0) is 20.5. The summed E-state index contributed by atoms with van der Waals surface area (Å²) < 4.78 is 39.3. The van der Waals surface area contributed by atoms with Crippen LogP contribution in [0.2, 0.25) is 0 Å². The lowest BCUT2D eigenvalue weighted by Crippen LogP contribution is -2.46. The molecule has 1 unspecified atom stereocenters. The van der Waals surface area contributed by atoms with Crippen molar-refractivity contribution < 1.29 is 22.8 Å². The largest absolute Gasteiger partial charge is 0.416 e. The summed E-state index contributed by atoms with van der Waals surface area (Å²) in [5.41, 5.74) is 0.628. The molecule has 0 saturated heterocycles. The van der Waals surface area contributed by atoms with Gasteiger partial charge in [-0.2, -0.15) is 13.2 Å². The van der Waals surface area contributed by atoms with Crippen LogP contribution < -0.4 is 16.0 Å². The van der Waals surface area contributed by atoms with Gasteiger partial charge in [0.15, 0.2) is 0 Å². The number of nitrogens with one attached hydrogen (secondary N) is 3. The molecule has 0 spiro atoms. The third-order valence-corrected chi connectivity index (χ3v) is 4.72. The van der Waals surface area contributed by atoms with E-state index in [0.29, 0.717) is 16.9 Å². The maximum Gasteiger partial charge on any atom is 0.416 e. The first-order chi connectivity index (χ1) is 13.1. The second-order valence-corrected chi connectivity index (χ2v) is 7.07. The van der Waals surface area contributed by atoms with Gasteiger partial charge in [0.2, 0.25) is 0 Å². The summed E-state index contributed by atoms with van der Waals surface area (Å²) >= 11 is 3.30. The summed E-state index contributed by atoms with van der Waals surface area (Å²) in [5, 5.41) is 7.84. The summed E-state index contributed by atoms with van der Waals surface area (Å²) in [4.78, 5) is 24.7. The van der Waals surface area contributed by atoms with Gasteiger partial charge >= 0.3 is 12.2 Å². The Morgan fingerprint density at radius 2 is 1.68 bits per heavy atom. The summed E-state index contributed by atoms with van der Waals surface area (Å²) in [7, 11) is 0. The Kier molecular flexibility index (Phi) is 5.46. The Balaban J connectivity index is 1.92. The molecule has 0 fully saturated rings. The Morgan fingerprint density at radius 3 is 2.25 bits per heavy atom. The van der Waals surface area contributed by atoms with E-state index in [1.54, 1.807) is 31.2 Å². The van der Waals surface area contributed by atoms with Crippen molar-refractivity contribution in [1.29, 1.82) is 0 Å². The van der Waals surface area contributed by atoms with Crippen molar-refractivity contribution in [3.63, 3.8) is 0 Å². The number of carbonyl (C=O) groups is 2. The van der Waals surface area contributed by atoms with Crippen molar-refractivity contribution in [2.45, 2.75) is 19.1 Å². The van der Waals surface area contributed by atoms with Gasteiger partial charge in [-0.1, -0.05) is 28.1 Å². The third kappa shape index (κ3) is 4.36. The molecule has 5 nitrogen and oxygen atoms in total. The first-order valence-corrected chi connectivity index (χ1v) is 8.97. The minimum atomic E-state index is -4.47. The summed E-state index contributed by atoms with van der Waals surface area (Å²) in [6.07, 6.45) is -4.47. The van der Waals surface area contributed by atoms with Crippen LogP contribution in [0.25, 0.3) is 0 Å². The van der Waals surface area contributed by atoms with Crippen molar-refractivity contribution in [2.75, 3.05) is 5.32 Å². The number of halogens is 4. The number of carbonyl (C=O) groups excluding carboxylic acids is 2. The number of urea groups is 1. The third-order valence-electron chi connectivity index (χ3n) is 4.19. The van der Waals surface area contributed by atoms with E-state index in [1.807, 2.05) is 0 Å². The Morgan fingerprint density at radius 1 is 1.07 bits per heavy atom. The molecule has 1 atom stereocenters. The molecule has 0 saturated carbocycles. The van der Waals surface area contributed by atoms with Crippen molar-refractivity contribution in [1.82, 2.24) is 10.6 Å². The molecule has 28 heavy (non-hydrogen) atoms. The van der Waals surface area contributed by atoms with Gasteiger partial charge in [-0.15, -0.1) is 0 Å². The molecule has 0 radical (unpaired) electrons. The molecule has 9 heteroatoms. The van der Waals surface area contributed by atoms with Gasteiger partial charge < -0.3 is 16.0 Å². The Hall–Kier alpha value is -2.81. The van der Waals surface area contributed by atoms with Crippen LogP contribution in [0.4, 0.5) is 23.7 Å². The lowest BCUT2D eigenvalue weighted by molar-refractivity contribution is -0.137. The van der Waals surface area contributed by atoms with Crippen LogP contribution in [0.1, 0.15) is 24.1 Å². The molecule has 2 aromatic rings. The number of benzene rings is 2. The highest BCUT2D eigenvalue weighted by atomic mass is 79.9. The summed E-state index contributed by atoms with van der Waals surface area (Å²) in [6.45, 7) is 1.56. The van der Waals surface area contributed by atoms with Crippen molar-refractivity contribution in [3.05, 3.63) is 75.4 Å². The molecule has 0 bridgehead atoms. The second-order valence-electron chi connectivity index (χ2n) is 6.15. The lowest BCUT2D eigenvalue weighted by Gasteiger charge is -2.29. The zero-order valence-corrected chi connectivity index (χ0v) is 16.1. The standard InChI is InChI=1S/C19H15BrF3N3O2/c1-10-15(17(27)25-14-8-6-13(20)7-9-14)16(26-18(28)24-10)11-2-4-12(5-3-11)19(21,22)23/h2-9,16H,1H3,(H,25,27)(H2,24,26,28). The predicted octanol–water partition coefficient (Wildman–Crippen LogP) is 4.73. The first kappa shape index (κ1) is 19.9. The van der Waals surface area contributed by atoms with Crippen LogP contribution in [-0.4, -0.2) is 11.9 Å². The van der Waals surface area contributed by atoms with E-state index in [9.17, 15) is 22.8 Å². The van der Waals surface area contributed by atoms with Crippen molar-refractivity contribution in [2.24, 2.45) is 0 Å². The maximum absolute atomic E-state index is 12.8. The van der Waals surface area contributed by atoms with Gasteiger partial charge in [0, 0.05) is 15.9 Å². The molecule has 1 heterocycles. The molecule has 146 valence electrons. The highest BCUT2D eigenvalue weighted by Crippen LogP contribution is 2.32. The molecule has 3 N–H and O–H groups in total. The minimum absolute atomic E-state index is 0.210. The molecule has 2 aromatic carbocycles. The van der Waals surface area contributed by atoms with Gasteiger partial charge in [-0.25, -0.2) is 4.79 Å². The second kappa shape index (κ2) is 7.67. The fraction of sp³-hybridized carbons (Fsp3) is 0.158. The molecular formula is C19H15BrF3N3O2. The number of amides is 3. The smallest absolute Gasteiger partial charge is 0.327 e. The summed E-state index contributed by atoms with van der Waals surface area (Å²) in [5.74, 6) is -0.475. The lowest BCUT2D eigenvalue weighted by atomic mass is 9.94. The highest BCUT2D eigenvalue weighted by Gasteiger charge is 2.33. The van der Waals surface area contributed by atoms with E-state index >= 15 is 0 Å². The molecular weight excluding hydrogens is 439 g/mol. The summed E-state index contributed by atoms with van der Waals surface area (Å²) in [6, 6.07) is 9.81. The molecule has 3 rings (SSSR count). The highest BCUT2D eigenvalue weighted by molar-refractivity contribution is 9.10. The van der Waals surface area contributed by atoms with E-state index < -0.39 is 29.7 Å². The SMILES string of the molecule is CC1=C(C(=O)Nc2ccc(Br)cc2)C(c2ccc(C(F)(F)F)cc2)NC(=O)N1. The number of anilines is 1. The molecule has 1 aliphatic rings. The van der Waals surface area contributed by atoms with Gasteiger partial charge in [0.1, 0.15) is 0 Å². The number of hydrogen-bond donors (Lipinski definition) is 3. The molecule has 1 aliphatic heterocycles. The Labute approximate surface area is 167 Å². The van der Waals surface area contributed by atoms with Gasteiger partial charge in [0.05, 0.1) is 17.2 Å². The van der Waals surface area contributed by atoms with E-state index in [0.717, 1.165) is 16.6 Å². The van der Waals surface area contributed by atoms with Gasteiger partial charge in [-0.05, 0) is 48.9 Å². The number of rotatable bonds is 3.